The number of benzene rings is 1. The first-order valence-corrected chi connectivity index (χ1v) is 8.03. The molecule has 2 N–H and O–H groups in total. The van der Waals surface area contributed by atoms with Gasteiger partial charge in [-0.2, -0.15) is 18.2 Å². The van der Waals surface area contributed by atoms with E-state index in [0.29, 0.717) is 19.3 Å². The summed E-state index contributed by atoms with van der Waals surface area (Å²) < 4.78 is 41.3. The number of rotatable bonds is 8. The second-order valence-electron chi connectivity index (χ2n) is 5.98. The van der Waals surface area contributed by atoms with Gasteiger partial charge in [-0.1, -0.05) is 47.8 Å². The van der Waals surface area contributed by atoms with Gasteiger partial charge in [0.25, 0.3) is 0 Å². The lowest BCUT2D eigenvalue weighted by atomic mass is 9.91. The first-order chi connectivity index (χ1) is 11.8. The fraction of sp³-hybridized carbons (Fsp3) is 0.471. The first-order valence-electron chi connectivity index (χ1n) is 8.03. The van der Waals surface area contributed by atoms with E-state index in [1.54, 1.807) is 0 Å². The van der Waals surface area contributed by atoms with E-state index < -0.39 is 12.1 Å². The predicted octanol–water partition coefficient (Wildman–Crippen LogP) is 3.77. The van der Waals surface area contributed by atoms with Crippen molar-refractivity contribution in [3.8, 4) is 0 Å². The molecule has 0 spiro atoms. The second-order valence-corrected chi connectivity index (χ2v) is 5.98. The lowest BCUT2D eigenvalue weighted by molar-refractivity contribution is -0.159. The molecule has 1 heterocycles. The van der Waals surface area contributed by atoms with Crippen LogP contribution >= 0.6 is 0 Å². The number of halogens is 3. The van der Waals surface area contributed by atoms with E-state index in [1.807, 2.05) is 31.2 Å². The highest BCUT2D eigenvalue weighted by Crippen LogP contribution is 2.27. The summed E-state index contributed by atoms with van der Waals surface area (Å²) in [5.41, 5.74) is 7.44. The summed E-state index contributed by atoms with van der Waals surface area (Å²) in [7, 11) is 0. The van der Waals surface area contributed by atoms with Gasteiger partial charge in [-0.15, -0.1) is 0 Å². The Hall–Kier alpha value is -2.38. The van der Waals surface area contributed by atoms with Crippen LogP contribution in [0.4, 0.5) is 13.2 Å². The molecule has 0 fully saturated rings. The minimum absolute atomic E-state index is 0.0393. The fourth-order valence-corrected chi connectivity index (χ4v) is 2.64. The van der Waals surface area contributed by atoms with Crippen molar-refractivity contribution in [1.29, 1.82) is 0 Å². The third-order valence-electron chi connectivity index (χ3n) is 3.89. The van der Waals surface area contributed by atoms with E-state index in [-0.39, 0.29) is 17.6 Å². The zero-order valence-corrected chi connectivity index (χ0v) is 13.8. The lowest BCUT2D eigenvalue weighted by Crippen LogP contribution is -2.21. The molecule has 1 aromatic carbocycles. The Morgan fingerprint density at radius 2 is 2.04 bits per heavy atom. The molecule has 1 atom stereocenters. The van der Waals surface area contributed by atoms with Crippen molar-refractivity contribution in [3.05, 3.63) is 47.1 Å². The number of nitrogens with zero attached hydrogens (tertiary/aromatic N) is 2. The zero-order chi connectivity index (χ0) is 18.4. The average Bonchev–Trinajstić information content (AvgIpc) is 2.99. The Morgan fingerprint density at radius 3 is 2.64 bits per heavy atom. The summed E-state index contributed by atoms with van der Waals surface area (Å²) >= 11 is 0. The molecule has 1 unspecified atom stereocenters. The van der Waals surface area contributed by atoms with E-state index in [9.17, 15) is 18.0 Å². The van der Waals surface area contributed by atoms with Crippen molar-refractivity contribution in [2.24, 2.45) is 5.73 Å². The standard InChI is InChI=1S/C17H20F3N3O2/c1-11-6-5-7-12(10-11)13(15(21)24)8-3-2-4-9-14-22-16(25-23-14)17(18,19)20/h5-7,10,13H,2-4,8-9H2,1H3,(H2,21,24). The van der Waals surface area contributed by atoms with Gasteiger partial charge < -0.3 is 10.3 Å². The number of hydrogen-bond acceptors (Lipinski definition) is 4. The summed E-state index contributed by atoms with van der Waals surface area (Å²) in [6, 6.07) is 7.64. The largest absolute Gasteiger partial charge is 0.471 e. The van der Waals surface area contributed by atoms with E-state index in [1.165, 1.54) is 0 Å². The van der Waals surface area contributed by atoms with Gasteiger partial charge in [0.2, 0.25) is 5.91 Å². The fourth-order valence-electron chi connectivity index (χ4n) is 2.64. The molecule has 0 saturated heterocycles. The molecule has 136 valence electrons. The first kappa shape index (κ1) is 19.0. The molecule has 2 rings (SSSR count). The molecule has 0 aliphatic heterocycles. The van der Waals surface area contributed by atoms with Crippen LogP contribution in [-0.4, -0.2) is 16.0 Å². The Bertz CT molecular complexity index is 713. The monoisotopic (exact) mass is 355 g/mol. The van der Waals surface area contributed by atoms with Crippen molar-refractivity contribution in [2.75, 3.05) is 0 Å². The lowest BCUT2D eigenvalue weighted by Gasteiger charge is -2.14. The van der Waals surface area contributed by atoms with E-state index >= 15 is 0 Å². The summed E-state index contributed by atoms with van der Waals surface area (Å²) in [5, 5.41) is 3.32. The molecule has 0 saturated carbocycles. The van der Waals surface area contributed by atoms with Gasteiger partial charge in [-0.05, 0) is 25.3 Å². The minimum atomic E-state index is -4.62. The van der Waals surface area contributed by atoms with Crippen LogP contribution in [0.1, 0.15) is 54.4 Å². The van der Waals surface area contributed by atoms with Crippen LogP contribution in [0.5, 0.6) is 0 Å². The van der Waals surface area contributed by atoms with E-state index in [4.69, 9.17) is 5.73 Å². The van der Waals surface area contributed by atoms with Gasteiger partial charge in [0.15, 0.2) is 5.82 Å². The molecule has 0 radical (unpaired) electrons. The number of aromatic nitrogens is 2. The van der Waals surface area contributed by atoms with Crippen molar-refractivity contribution in [1.82, 2.24) is 10.1 Å². The van der Waals surface area contributed by atoms with E-state index in [0.717, 1.165) is 24.0 Å². The molecule has 0 aliphatic rings. The summed E-state index contributed by atoms with van der Waals surface area (Å²) in [6.07, 6.45) is -1.66. The molecular formula is C17H20F3N3O2. The summed E-state index contributed by atoms with van der Waals surface area (Å²) in [4.78, 5) is 15.0. The number of amides is 1. The van der Waals surface area contributed by atoms with Crippen molar-refractivity contribution in [3.63, 3.8) is 0 Å². The Balaban J connectivity index is 1.79. The molecule has 25 heavy (non-hydrogen) atoms. The topological polar surface area (TPSA) is 82.0 Å². The number of unbranched alkanes of at least 4 members (excludes halogenated alkanes) is 2. The molecule has 8 heteroatoms. The SMILES string of the molecule is Cc1cccc(C(CCCCCc2noc(C(F)(F)F)n2)C(N)=O)c1. The Kier molecular flexibility index (Phi) is 6.17. The number of nitrogens with two attached hydrogens (primary N) is 1. The Labute approximate surface area is 143 Å². The number of carbonyl (C=O) groups excluding carboxylic acids is 1. The van der Waals surface area contributed by atoms with Gasteiger partial charge >= 0.3 is 12.1 Å². The quantitative estimate of drug-likeness (QED) is 0.731. The van der Waals surface area contributed by atoms with E-state index in [2.05, 4.69) is 14.7 Å². The molecule has 5 nitrogen and oxygen atoms in total. The van der Waals surface area contributed by atoms with Crippen molar-refractivity contribution in [2.45, 2.75) is 51.1 Å². The Morgan fingerprint density at radius 1 is 1.28 bits per heavy atom. The van der Waals surface area contributed by atoms with Crippen molar-refractivity contribution < 1.29 is 22.5 Å². The van der Waals surface area contributed by atoms with Crippen molar-refractivity contribution >= 4 is 5.91 Å². The highest BCUT2D eigenvalue weighted by atomic mass is 19.4. The van der Waals surface area contributed by atoms with Crippen LogP contribution in [-0.2, 0) is 17.4 Å². The maximum absolute atomic E-state index is 12.4. The third-order valence-corrected chi connectivity index (χ3v) is 3.89. The molecule has 0 aliphatic carbocycles. The number of primary amides is 1. The average molecular weight is 355 g/mol. The minimum Gasteiger partial charge on any atom is -0.369 e. The summed E-state index contributed by atoms with van der Waals surface area (Å²) in [5.74, 6) is -2.02. The molecule has 1 amide bonds. The molecule has 2 aromatic rings. The van der Waals surface area contributed by atoms with Gasteiger partial charge in [0.1, 0.15) is 0 Å². The zero-order valence-electron chi connectivity index (χ0n) is 13.8. The number of aryl methyl sites for hydroxylation is 2. The number of hydrogen-bond donors (Lipinski definition) is 1. The predicted molar refractivity (Wildman–Crippen MR) is 84.6 cm³/mol. The van der Waals surface area contributed by atoms with Crippen LogP contribution in [0.15, 0.2) is 28.8 Å². The maximum atomic E-state index is 12.4. The normalized spacial score (nSPS) is 13.0. The smallest absolute Gasteiger partial charge is 0.369 e. The van der Waals surface area contributed by atoms with Gasteiger partial charge in [0.05, 0.1) is 5.92 Å². The number of alkyl halides is 3. The molecule has 0 bridgehead atoms. The van der Waals surface area contributed by atoms with Crippen LogP contribution in [0.3, 0.4) is 0 Å². The number of carbonyl (C=O) groups is 1. The third kappa shape index (κ3) is 5.58. The van der Waals surface area contributed by atoms with Crippen LogP contribution in [0.25, 0.3) is 0 Å². The van der Waals surface area contributed by atoms with Gasteiger partial charge in [-0.25, -0.2) is 0 Å². The second kappa shape index (κ2) is 8.13. The van der Waals surface area contributed by atoms with Crippen LogP contribution in [0.2, 0.25) is 0 Å². The molecule has 1 aromatic heterocycles. The van der Waals surface area contributed by atoms with Gasteiger partial charge in [0, 0.05) is 6.42 Å². The molecular weight excluding hydrogens is 335 g/mol. The maximum Gasteiger partial charge on any atom is 0.471 e. The van der Waals surface area contributed by atoms with Crippen LogP contribution < -0.4 is 5.73 Å². The highest BCUT2D eigenvalue weighted by Gasteiger charge is 2.38. The summed E-state index contributed by atoms with van der Waals surface area (Å²) in [6.45, 7) is 1.95. The van der Waals surface area contributed by atoms with Crippen LogP contribution in [0, 0.1) is 6.92 Å². The van der Waals surface area contributed by atoms with Gasteiger partial charge in [-0.3, -0.25) is 4.79 Å². The highest BCUT2D eigenvalue weighted by molar-refractivity contribution is 5.81.